The maximum absolute atomic E-state index is 8.77. The minimum Gasteiger partial charge on any atom is -0.493 e. The fourth-order valence-electron chi connectivity index (χ4n) is 1.32. The quantitative estimate of drug-likeness (QED) is 0.438. The summed E-state index contributed by atoms with van der Waals surface area (Å²) >= 11 is 0. The van der Waals surface area contributed by atoms with Crippen molar-refractivity contribution in [3.63, 3.8) is 0 Å². The zero-order valence-corrected chi connectivity index (χ0v) is 8.73. The Kier molecular flexibility index (Phi) is 3.93. The summed E-state index contributed by atoms with van der Waals surface area (Å²) in [5.41, 5.74) is 6.42. The fraction of sp³-hybridized carbons (Fsp3) is 0.300. The van der Waals surface area contributed by atoms with Gasteiger partial charge < -0.3 is 20.4 Å². The third-order valence-electron chi connectivity index (χ3n) is 2.03. The number of methoxy groups -OCH3 is 2. The Labute approximate surface area is 88.1 Å². The smallest absolute Gasteiger partial charge is 0.169 e. The molecular weight excluding hydrogens is 196 g/mol. The molecule has 0 aromatic heterocycles. The van der Waals surface area contributed by atoms with E-state index in [1.165, 1.54) is 7.11 Å². The van der Waals surface area contributed by atoms with Gasteiger partial charge in [0, 0.05) is 12.1 Å². The molecule has 0 radical (unpaired) electrons. The molecule has 0 amide bonds. The van der Waals surface area contributed by atoms with Crippen LogP contribution in [-0.2, 0) is 0 Å². The van der Waals surface area contributed by atoms with Gasteiger partial charge in [0.2, 0.25) is 0 Å². The highest BCUT2D eigenvalue weighted by Gasteiger charge is 2.13. The van der Waals surface area contributed by atoms with Crippen LogP contribution in [-0.4, -0.2) is 31.7 Å². The number of hydrogen-bond acceptors (Lipinski definition) is 5. The highest BCUT2D eigenvalue weighted by Crippen LogP contribution is 2.30. The first-order valence-electron chi connectivity index (χ1n) is 4.40. The highest BCUT2D eigenvalue weighted by molar-refractivity contribution is 6.04. The molecule has 15 heavy (non-hydrogen) atoms. The van der Waals surface area contributed by atoms with Gasteiger partial charge in [-0.05, 0) is 12.1 Å². The first-order chi connectivity index (χ1) is 7.28. The summed E-state index contributed by atoms with van der Waals surface area (Å²) in [4.78, 5) is 0. The predicted octanol–water partition coefficient (Wildman–Crippen LogP) is 0.841. The number of rotatable bonds is 4. The molecule has 5 nitrogen and oxygen atoms in total. The van der Waals surface area contributed by atoms with Gasteiger partial charge in [-0.3, -0.25) is 0 Å². The molecule has 0 heterocycles. The van der Waals surface area contributed by atoms with Crippen molar-refractivity contribution >= 4 is 5.71 Å². The molecule has 0 aliphatic heterocycles. The number of nitrogens with zero attached hydrogens (tertiary/aromatic N) is 1. The van der Waals surface area contributed by atoms with Crippen molar-refractivity contribution < 1.29 is 14.7 Å². The van der Waals surface area contributed by atoms with E-state index in [1.807, 2.05) is 0 Å². The SMILES string of the molecule is COc1cccc(/C(CN)=N/O)c1OC. The summed E-state index contributed by atoms with van der Waals surface area (Å²) in [6.45, 7) is 0.125. The van der Waals surface area contributed by atoms with Crippen LogP contribution >= 0.6 is 0 Å². The van der Waals surface area contributed by atoms with Crippen molar-refractivity contribution in [1.29, 1.82) is 0 Å². The molecule has 3 N–H and O–H groups in total. The van der Waals surface area contributed by atoms with Crippen molar-refractivity contribution in [3.8, 4) is 11.5 Å². The molecule has 0 saturated carbocycles. The molecule has 1 rings (SSSR count). The van der Waals surface area contributed by atoms with Crippen LogP contribution in [0.15, 0.2) is 23.4 Å². The van der Waals surface area contributed by atoms with Gasteiger partial charge in [-0.2, -0.15) is 0 Å². The van der Waals surface area contributed by atoms with E-state index in [4.69, 9.17) is 20.4 Å². The second-order valence-electron chi connectivity index (χ2n) is 2.79. The Morgan fingerprint density at radius 3 is 2.60 bits per heavy atom. The largest absolute Gasteiger partial charge is 0.493 e. The van der Waals surface area contributed by atoms with Crippen LogP contribution in [0.3, 0.4) is 0 Å². The molecule has 0 saturated heterocycles. The lowest BCUT2D eigenvalue weighted by Gasteiger charge is -2.12. The van der Waals surface area contributed by atoms with E-state index in [9.17, 15) is 0 Å². The second-order valence-corrected chi connectivity index (χ2v) is 2.79. The summed E-state index contributed by atoms with van der Waals surface area (Å²) in [7, 11) is 3.06. The molecule has 0 atom stereocenters. The normalized spacial score (nSPS) is 11.3. The van der Waals surface area contributed by atoms with E-state index in [-0.39, 0.29) is 6.54 Å². The topological polar surface area (TPSA) is 77.1 Å². The minimum absolute atomic E-state index is 0.125. The summed E-state index contributed by atoms with van der Waals surface area (Å²) in [6.07, 6.45) is 0. The van der Waals surface area contributed by atoms with Crippen molar-refractivity contribution in [2.75, 3.05) is 20.8 Å². The Hall–Kier alpha value is -1.75. The summed E-state index contributed by atoms with van der Waals surface area (Å²) in [6, 6.07) is 5.29. The van der Waals surface area contributed by atoms with Gasteiger partial charge in [0.15, 0.2) is 11.5 Å². The summed E-state index contributed by atoms with van der Waals surface area (Å²) < 4.78 is 10.3. The standard InChI is InChI=1S/C10H14N2O3/c1-14-9-5-3-4-7(10(9)15-2)8(6-11)12-13/h3-5,13H,6,11H2,1-2H3/b12-8+. The van der Waals surface area contributed by atoms with Crippen LogP contribution in [0.25, 0.3) is 0 Å². The predicted molar refractivity (Wildman–Crippen MR) is 56.9 cm³/mol. The molecule has 0 aliphatic rings. The van der Waals surface area contributed by atoms with E-state index in [2.05, 4.69) is 5.16 Å². The minimum atomic E-state index is 0.125. The average molecular weight is 210 g/mol. The number of ether oxygens (including phenoxy) is 2. The van der Waals surface area contributed by atoms with Crippen LogP contribution in [0.1, 0.15) is 5.56 Å². The highest BCUT2D eigenvalue weighted by atomic mass is 16.5. The number of para-hydroxylation sites is 1. The zero-order valence-electron chi connectivity index (χ0n) is 8.73. The van der Waals surface area contributed by atoms with E-state index in [0.717, 1.165) is 0 Å². The second kappa shape index (κ2) is 5.21. The lowest BCUT2D eigenvalue weighted by Crippen LogP contribution is -2.16. The molecular formula is C10H14N2O3. The van der Waals surface area contributed by atoms with Gasteiger partial charge in [-0.15, -0.1) is 0 Å². The monoisotopic (exact) mass is 210 g/mol. The van der Waals surface area contributed by atoms with Crippen molar-refractivity contribution in [3.05, 3.63) is 23.8 Å². The van der Waals surface area contributed by atoms with Crippen LogP contribution in [0.5, 0.6) is 11.5 Å². The van der Waals surface area contributed by atoms with E-state index >= 15 is 0 Å². The fourth-order valence-corrected chi connectivity index (χ4v) is 1.32. The molecule has 0 spiro atoms. The third-order valence-corrected chi connectivity index (χ3v) is 2.03. The van der Waals surface area contributed by atoms with Gasteiger partial charge in [-0.1, -0.05) is 11.2 Å². The lowest BCUT2D eigenvalue weighted by atomic mass is 10.1. The lowest BCUT2D eigenvalue weighted by molar-refractivity contribution is 0.317. The van der Waals surface area contributed by atoms with Crippen LogP contribution < -0.4 is 15.2 Å². The van der Waals surface area contributed by atoms with Crippen LogP contribution in [0.2, 0.25) is 0 Å². The Balaban J connectivity index is 3.28. The zero-order chi connectivity index (χ0) is 11.3. The van der Waals surface area contributed by atoms with Crippen molar-refractivity contribution in [2.24, 2.45) is 10.9 Å². The van der Waals surface area contributed by atoms with Gasteiger partial charge in [0.1, 0.15) is 5.71 Å². The number of hydrogen-bond donors (Lipinski definition) is 2. The van der Waals surface area contributed by atoms with E-state index < -0.39 is 0 Å². The maximum Gasteiger partial charge on any atom is 0.169 e. The maximum atomic E-state index is 8.77. The van der Waals surface area contributed by atoms with E-state index in [0.29, 0.717) is 22.8 Å². The average Bonchev–Trinajstić information content (AvgIpc) is 2.30. The summed E-state index contributed by atoms with van der Waals surface area (Å²) in [5, 5.41) is 11.9. The number of benzene rings is 1. The van der Waals surface area contributed by atoms with Gasteiger partial charge >= 0.3 is 0 Å². The molecule has 0 bridgehead atoms. The van der Waals surface area contributed by atoms with Crippen LogP contribution in [0, 0.1) is 0 Å². The molecule has 1 aromatic rings. The molecule has 5 heteroatoms. The summed E-state index contributed by atoms with van der Waals surface area (Å²) in [5.74, 6) is 1.09. The first kappa shape index (κ1) is 11.3. The molecule has 0 fully saturated rings. The van der Waals surface area contributed by atoms with Gasteiger partial charge in [0.25, 0.3) is 0 Å². The Morgan fingerprint density at radius 1 is 1.40 bits per heavy atom. The van der Waals surface area contributed by atoms with E-state index in [1.54, 1.807) is 25.3 Å². The Morgan fingerprint density at radius 2 is 2.13 bits per heavy atom. The number of oxime groups is 1. The molecule has 1 aromatic carbocycles. The first-order valence-corrected chi connectivity index (χ1v) is 4.40. The molecule has 0 aliphatic carbocycles. The van der Waals surface area contributed by atoms with Crippen molar-refractivity contribution in [2.45, 2.75) is 0 Å². The van der Waals surface area contributed by atoms with Gasteiger partial charge in [-0.25, -0.2) is 0 Å². The van der Waals surface area contributed by atoms with Crippen molar-refractivity contribution in [1.82, 2.24) is 0 Å². The Bertz CT molecular complexity index is 364. The molecule has 0 unspecified atom stereocenters. The molecule has 82 valence electrons. The van der Waals surface area contributed by atoms with Gasteiger partial charge in [0.05, 0.1) is 14.2 Å². The number of nitrogens with two attached hydrogens (primary N) is 1. The van der Waals surface area contributed by atoms with Crippen LogP contribution in [0.4, 0.5) is 0 Å². The third kappa shape index (κ3) is 2.19.